The number of anilines is 3. The lowest BCUT2D eigenvalue weighted by Crippen LogP contribution is -2.02. The van der Waals surface area contributed by atoms with Crippen LogP contribution in [0.25, 0.3) is 0 Å². The first-order chi connectivity index (χ1) is 9.12. The van der Waals surface area contributed by atoms with E-state index in [0.717, 1.165) is 34.5 Å². The fourth-order valence-electron chi connectivity index (χ4n) is 1.80. The molecule has 0 spiro atoms. The standard InChI is InChI=1S/C14H18N4O/c1-9-7-11(19-4)5-6-12(9)18-14-8-13(15-3)16-10(2)17-14/h5-8H,1-4H3,(H2,15,16,17,18). The van der Waals surface area contributed by atoms with Crippen molar-refractivity contribution in [2.45, 2.75) is 13.8 Å². The average Bonchev–Trinajstić information content (AvgIpc) is 2.40. The predicted octanol–water partition coefficient (Wildman–Crippen LogP) is 2.89. The second kappa shape index (κ2) is 5.56. The van der Waals surface area contributed by atoms with Crippen LogP contribution in [0, 0.1) is 13.8 Å². The van der Waals surface area contributed by atoms with Gasteiger partial charge in [-0.3, -0.25) is 0 Å². The zero-order valence-electron chi connectivity index (χ0n) is 11.6. The normalized spacial score (nSPS) is 10.1. The third kappa shape index (κ3) is 3.13. The number of methoxy groups -OCH3 is 1. The molecule has 0 bridgehead atoms. The Morgan fingerprint density at radius 2 is 1.79 bits per heavy atom. The summed E-state index contributed by atoms with van der Waals surface area (Å²) in [5, 5.41) is 6.31. The summed E-state index contributed by atoms with van der Waals surface area (Å²) >= 11 is 0. The SMILES string of the molecule is CNc1cc(Nc2ccc(OC)cc2C)nc(C)n1. The molecule has 0 saturated heterocycles. The number of ether oxygens (including phenoxy) is 1. The molecule has 5 heteroatoms. The molecule has 5 nitrogen and oxygen atoms in total. The average molecular weight is 258 g/mol. The lowest BCUT2D eigenvalue weighted by atomic mass is 10.2. The van der Waals surface area contributed by atoms with Gasteiger partial charge >= 0.3 is 0 Å². The number of rotatable bonds is 4. The van der Waals surface area contributed by atoms with Crippen LogP contribution < -0.4 is 15.4 Å². The first-order valence-corrected chi connectivity index (χ1v) is 6.07. The summed E-state index contributed by atoms with van der Waals surface area (Å²) in [5.74, 6) is 3.13. The van der Waals surface area contributed by atoms with Gasteiger partial charge in [-0.2, -0.15) is 0 Å². The van der Waals surface area contributed by atoms with Crippen molar-refractivity contribution in [3.8, 4) is 5.75 Å². The third-order valence-electron chi connectivity index (χ3n) is 2.79. The van der Waals surface area contributed by atoms with Gasteiger partial charge in [0.25, 0.3) is 0 Å². The van der Waals surface area contributed by atoms with E-state index in [-0.39, 0.29) is 0 Å². The van der Waals surface area contributed by atoms with Crippen LogP contribution in [0.5, 0.6) is 5.75 Å². The summed E-state index contributed by atoms with van der Waals surface area (Å²) in [6, 6.07) is 7.75. The van der Waals surface area contributed by atoms with Crippen LogP contribution in [0.4, 0.5) is 17.3 Å². The molecule has 0 aliphatic carbocycles. The van der Waals surface area contributed by atoms with E-state index >= 15 is 0 Å². The summed E-state index contributed by atoms with van der Waals surface area (Å²) < 4.78 is 5.19. The van der Waals surface area contributed by atoms with Crippen molar-refractivity contribution >= 4 is 17.3 Å². The number of nitrogens with one attached hydrogen (secondary N) is 2. The van der Waals surface area contributed by atoms with Crippen LogP contribution in [-0.4, -0.2) is 24.1 Å². The zero-order valence-corrected chi connectivity index (χ0v) is 11.6. The highest BCUT2D eigenvalue weighted by Crippen LogP contribution is 2.24. The van der Waals surface area contributed by atoms with Gasteiger partial charge in [0.1, 0.15) is 23.2 Å². The fraction of sp³-hybridized carbons (Fsp3) is 0.286. The van der Waals surface area contributed by atoms with Crippen molar-refractivity contribution < 1.29 is 4.74 Å². The van der Waals surface area contributed by atoms with Gasteiger partial charge < -0.3 is 15.4 Å². The van der Waals surface area contributed by atoms with Gasteiger partial charge in [0.15, 0.2) is 0 Å². The molecular formula is C14H18N4O. The molecule has 0 amide bonds. The van der Waals surface area contributed by atoms with Crippen LogP contribution in [0.1, 0.15) is 11.4 Å². The monoisotopic (exact) mass is 258 g/mol. The van der Waals surface area contributed by atoms with Crippen LogP contribution in [-0.2, 0) is 0 Å². The minimum atomic E-state index is 0.723. The molecule has 1 aromatic heterocycles. The molecule has 0 radical (unpaired) electrons. The third-order valence-corrected chi connectivity index (χ3v) is 2.79. The number of hydrogen-bond donors (Lipinski definition) is 2. The Morgan fingerprint density at radius 3 is 2.42 bits per heavy atom. The van der Waals surface area contributed by atoms with Crippen molar-refractivity contribution in [2.24, 2.45) is 0 Å². The minimum absolute atomic E-state index is 0.723. The van der Waals surface area contributed by atoms with Crippen LogP contribution in [0.2, 0.25) is 0 Å². The van der Waals surface area contributed by atoms with Crippen molar-refractivity contribution in [1.82, 2.24) is 9.97 Å². The number of aromatic nitrogens is 2. The van der Waals surface area contributed by atoms with E-state index in [9.17, 15) is 0 Å². The molecule has 2 N–H and O–H groups in total. The maximum atomic E-state index is 5.19. The Kier molecular flexibility index (Phi) is 3.85. The first kappa shape index (κ1) is 13.1. The van der Waals surface area contributed by atoms with E-state index in [1.165, 1.54) is 0 Å². The smallest absolute Gasteiger partial charge is 0.136 e. The van der Waals surface area contributed by atoms with Crippen LogP contribution >= 0.6 is 0 Å². The van der Waals surface area contributed by atoms with E-state index in [1.807, 2.05) is 45.2 Å². The van der Waals surface area contributed by atoms with Gasteiger partial charge in [0, 0.05) is 18.8 Å². The molecule has 2 rings (SSSR count). The maximum Gasteiger partial charge on any atom is 0.136 e. The molecule has 0 aliphatic rings. The molecule has 0 fully saturated rings. The topological polar surface area (TPSA) is 59.1 Å². The van der Waals surface area contributed by atoms with Crippen molar-refractivity contribution in [3.05, 3.63) is 35.7 Å². The van der Waals surface area contributed by atoms with Crippen LogP contribution in [0.3, 0.4) is 0 Å². The molecule has 0 atom stereocenters. The molecular weight excluding hydrogens is 240 g/mol. The Balaban J connectivity index is 2.28. The van der Waals surface area contributed by atoms with E-state index in [4.69, 9.17) is 4.74 Å². The second-order valence-corrected chi connectivity index (χ2v) is 4.24. The van der Waals surface area contributed by atoms with Crippen molar-refractivity contribution in [2.75, 3.05) is 24.8 Å². The summed E-state index contributed by atoms with van der Waals surface area (Å²) in [7, 11) is 3.50. The molecule has 1 aromatic carbocycles. The van der Waals surface area contributed by atoms with Crippen molar-refractivity contribution in [3.63, 3.8) is 0 Å². The lowest BCUT2D eigenvalue weighted by molar-refractivity contribution is 0.414. The van der Waals surface area contributed by atoms with Gasteiger partial charge in [-0.25, -0.2) is 9.97 Å². The lowest BCUT2D eigenvalue weighted by Gasteiger charge is -2.11. The highest BCUT2D eigenvalue weighted by Gasteiger charge is 2.04. The number of benzene rings is 1. The molecule has 0 saturated carbocycles. The van der Waals surface area contributed by atoms with Crippen LogP contribution in [0.15, 0.2) is 24.3 Å². The predicted molar refractivity (Wildman–Crippen MR) is 77.3 cm³/mol. The Bertz CT molecular complexity index is 584. The molecule has 19 heavy (non-hydrogen) atoms. The van der Waals surface area contributed by atoms with E-state index in [1.54, 1.807) is 7.11 Å². The number of nitrogens with zero attached hydrogens (tertiary/aromatic N) is 2. The molecule has 2 aromatic rings. The van der Waals surface area contributed by atoms with E-state index < -0.39 is 0 Å². The van der Waals surface area contributed by atoms with Gasteiger partial charge in [0.2, 0.25) is 0 Å². The van der Waals surface area contributed by atoms with E-state index in [0.29, 0.717) is 0 Å². The Labute approximate surface area is 113 Å². The summed E-state index contributed by atoms with van der Waals surface area (Å²) in [4.78, 5) is 8.63. The minimum Gasteiger partial charge on any atom is -0.497 e. The highest BCUT2D eigenvalue weighted by atomic mass is 16.5. The molecule has 100 valence electrons. The Morgan fingerprint density at radius 1 is 1.05 bits per heavy atom. The Hall–Kier alpha value is -2.30. The summed E-state index contributed by atoms with van der Waals surface area (Å²) in [6.45, 7) is 3.89. The zero-order chi connectivity index (χ0) is 13.8. The van der Waals surface area contributed by atoms with Gasteiger partial charge in [-0.15, -0.1) is 0 Å². The van der Waals surface area contributed by atoms with Gasteiger partial charge in [0.05, 0.1) is 7.11 Å². The van der Waals surface area contributed by atoms with E-state index in [2.05, 4.69) is 20.6 Å². The second-order valence-electron chi connectivity index (χ2n) is 4.24. The first-order valence-electron chi connectivity index (χ1n) is 6.07. The maximum absolute atomic E-state index is 5.19. The molecule has 0 unspecified atom stereocenters. The molecule has 0 aliphatic heterocycles. The van der Waals surface area contributed by atoms with Crippen molar-refractivity contribution in [1.29, 1.82) is 0 Å². The number of hydrogen-bond acceptors (Lipinski definition) is 5. The van der Waals surface area contributed by atoms with Gasteiger partial charge in [-0.1, -0.05) is 0 Å². The highest BCUT2D eigenvalue weighted by molar-refractivity contribution is 5.63. The summed E-state index contributed by atoms with van der Waals surface area (Å²) in [6.07, 6.45) is 0. The summed E-state index contributed by atoms with van der Waals surface area (Å²) in [5.41, 5.74) is 2.10. The largest absolute Gasteiger partial charge is 0.497 e. The number of aryl methyl sites for hydroxylation is 2. The molecule has 1 heterocycles. The fourth-order valence-corrected chi connectivity index (χ4v) is 1.80. The van der Waals surface area contributed by atoms with Gasteiger partial charge in [-0.05, 0) is 37.6 Å². The quantitative estimate of drug-likeness (QED) is 0.883.